The van der Waals surface area contributed by atoms with Crippen LogP contribution in [-0.2, 0) is 12.8 Å². The van der Waals surface area contributed by atoms with Gasteiger partial charge in [0.05, 0.1) is 15.1 Å². The quantitative estimate of drug-likeness (QED) is 0.674. The monoisotopic (exact) mass is 336 g/mol. The molecule has 0 unspecified atom stereocenters. The fourth-order valence-electron chi connectivity index (χ4n) is 2.61. The minimum atomic E-state index is -0.415. The molecule has 1 aromatic carbocycles. The molecule has 3 rings (SSSR count). The van der Waals surface area contributed by atoms with E-state index in [4.69, 9.17) is 5.73 Å². The van der Waals surface area contributed by atoms with Gasteiger partial charge in [0.15, 0.2) is 0 Å². The molecular weight excluding hydrogens is 324 g/mol. The molecule has 0 amide bonds. The summed E-state index contributed by atoms with van der Waals surface area (Å²) in [5.74, 6) is 0.560. The average Bonchev–Trinajstić information content (AvgIpc) is 2.76. The van der Waals surface area contributed by atoms with Gasteiger partial charge < -0.3 is 5.73 Å². The molecule has 1 aliphatic rings. The average molecular weight is 337 g/mol. The van der Waals surface area contributed by atoms with Crippen LogP contribution in [0.3, 0.4) is 0 Å². The second-order valence-corrected chi connectivity index (χ2v) is 5.68. The van der Waals surface area contributed by atoms with Crippen molar-refractivity contribution in [2.24, 2.45) is 0 Å². The summed E-state index contributed by atoms with van der Waals surface area (Å²) in [5.41, 5.74) is 9.03. The minimum absolute atomic E-state index is 0.0506. The SMILES string of the molecule is Nc1nn(-c2ccc([N+](=O)[O-])cc2Br)c2c1CCCC2. The van der Waals surface area contributed by atoms with Crippen molar-refractivity contribution in [1.82, 2.24) is 9.78 Å². The van der Waals surface area contributed by atoms with Gasteiger partial charge in [-0.05, 0) is 47.7 Å². The molecule has 20 heavy (non-hydrogen) atoms. The number of nitro groups is 1. The number of anilines is 1. The molecule has 2 aromatic rings. The molecule has 2 N–H and O–H groups in total. The molecule has 1 aromatic heterocycles. The van der Waals surface area contributed by atoms with Crippen LogP contribution in [0, 0.1) is 10.1 Å². The lowest BCUT2D eigenvalue weighted by molar-refractivity contribution is -0.384. The molecule has 7 heteroatoms. The maximum atomic E-state index is 10.8. The number of nitrogen functional groups attached to an aromatic ring is 1. The van der Waals surface area contributed by atoms with E-state index in [2.05, 4.69) is 21.0 Å². The Kier molecular flexibility index (Phi) is 3.21. The predicted molar refractivity (Wildman–Crippen MR) is 79.0 cm³/mol. The number of non-ortho nitro benzene ring substituents is 1. The van der Waals surface area contributed by atoms with Gasteiger partial charge in [-0.1, -0.05) is 0 Å². The van der Waals surface area contributed by atoms with E-state index in [1.807, 2.05) is 0 Å². The zero-order chi connectivity index (χ0) is 14.3. The fraction of sp³-hybridized carbons (Fsp3) is 0.308. The molecule has 104 valence electrons. The standard InChI is InChI=1S/C13H13BrN4O2/c14-10-7-8(18(19)20)5-6-12(10)17-11-4-2-1-3-9(11)13(15)16-17/h5-7H,1-4H2,(H2,15,16). The first-order valence-electron chi connectivity index (χ1n) is 6.38. The summed E-state index contributed by atoms with van der Waals surface area (Å²) in [6.07, 6.45) is 4.13. The molecule has 0 atom stereocenters. The van der Waals surface area contributed by atoms with Gasteiger partial charge >= 0.3 is 0 Å². The summed E-state index contributed by atoms with van der Waals surface area (Å²) in [7, 11) is 0. The Morgan fingerprint density at radius 3 is 2.80 bits per heavy atom. The van der Waals surface area contributed by atoms with Crippen molar-refractivity contribution in [3.63, 3.8) is 0 Å². The Morgan fingerprint density at radius 1 is 1.35 bits per heavy atom. The Balaban J connectivity index is 2.12. The van der Waals surface area contributed by atoms with Crippen LogP contribution < -0.4 is 5.73 Å². The number of nitro benzene ring substituents is 1. The Hall–Kier alpha value is -1.89. The smallest absolute Gasteiger partial charge is 0.270 e. The van der Waals surface area contributed by atoms with Crippen LogP contribution >= 0.6 is 15.9 Å². The first kappa shape index (κ1) is 13.1. The number of halogens is 1. The highest BCUT2D eigenvalue weighted by atomic mass is 79.9. The van der Waals surface area contributed by atoms with E-state index in [0.717, 1.165) is 42.6 Å². The van der Waals surface area contributed by atoms with Gasteiger partial charge in [0.25, 0.3) is 5.69 Å². The second-order valence-electron chi connectivity index (χ2n) is 4.82. The topological polar surface area (TPSA) is 87.0 Å². The third kappa shape index (κ3) is 2.07. The lowest BCUT2D eigenvalue weighted by atomic mass is 9.97. The van der Waals surface area contributed by atoms with E-state index in [1.165, 1.54) is 12.1 Å². The van der Waals surface area contributed by atoms with Crippen LogP contribution in [0.2, 0.25) is 0 Å². The fourth-order valence-corrected chi connectivity index (χ4v) is 3.14. The number of hydrogen-bond donors (Lipinski definition) is 1. The summed E-state index contributed by atoms with van der Waals surface area (Å²) >= 11 is 3.38. The Morgan fingerprint density at radius 2 is 2.10 bits per heavy atom. The van der Waals surface area contributed by atoms with Crippen LogP contribution in [0.25, 0.3) is 5.69 Å². The molecule has 6 nitrogen and oxygen atoms in total. The maximum absolute atomic E-state index is 10.8. The van der Waals surface area contributed by atoms with E-state index in [0.29, 0.717) is 10.3 Å². The van der Waals surface area contributed by atoms with Gasteiger partial charge in [0, 0.05) is 23.4 Å². The number of aromatic nitrogens is 2. The van der Waals surface area contributed by atoms with E-state index in [-0.39, 0.29) is 5.69 Å². The summed E-state index contributed by atoms with van der Waals surface area (Å²) in [6, 6.07) is 4.67. The Labute approximate surface area is 123 Å². The number of nitrogens with zero attached hydrogens (tertiary/aromatic N) is 3. The number of nitrogens with two attached hydrogens (primary N) is 1. The number of benzene rings is 1. The lowest BCUT2D eigenvalue weighted by Crippen LogP contribution is -2.08. The summed E-state index contributed by atoms with van der Waals surface area (Å²) < 4.78 is 2.44. The molecule has 0 spiro atoms. The van der Waals surface area contributed by atoms with Gasteiger partial charge in [-0.3, -0.25) is 10.1 Å². The van der Waals surface area contributed by atoms with Crippen LogP contribution in [0.4, 0.5) is 11.5 Å². The maximum Gasteiger partial charge on any atom is 0.270 e. The van der Waals surface area contributed by atoms with Gasteiger partial charge in [0.2, 0.25) is 0 Å². The van der Waals surface area contributed by atoms with Gasteiger partial charge in [-0.2, -0.15) is 5.10 Å². The number of fused-ring (bicyclic) bond motifs is 1. The molecular formula is C13H13BrN4O2. The number of hydrogen-bond acceptors (Lipinski definition) is 4. The van der Waals surface area contributed by atoms with E-state index >= 15 is 0 Å². The molecule has 0 aliphatic heterocycles. The minimum Gasteiger partial charge on any atom is -0.382 e. The molecule has 0 radical (unpaired) electrons. The van der Waals surface area contributed by atoms with Crippen molar-refractivity contribution >= 4 is 27.4 Å². The summed E-state index contributed by atoms with van der Waals surface area (Å²) in [6.45, 7) is 0. The van der Waals surface area contributed by atoms with Gasteiger partial charge in [0.1, 0.15) is 5.82 Å². The highest BCUT2D eigenvalue weighted by Gasteiger charge is 2.21. The number of rotatable bonds is 2. The molecule has 1 heterocycles. The normalized spacial score (nSPS) is 14.1. The summed E-state index contributed by atoms with van der Waals surface area (Å²) in [4.78, 5) is 10.4. The largest absolute Gasteiger partial charge is 0.382 e. The second kappa shape index (κ2) is 4.90. The molecule has 0 bridgehead atoms. The highest BCUT2D eigenvalue weighted by Crippen LogP contribution is 2.32. The molecule has 0 saturated carbocycles. The van der Waals surface area contributed by atoms with E-state index < -0.39 is 4.92 Å². The van der Waals surface area contributed by atoms with Crippen molar-refractivity contribution in [2.75, 3.05) is 5.73 Å². The summed E-state index contributed by atoms with van der Waals surface area (Å²) in [5, 5.41) is 15.2. The Bertz CT molecular complexity index is 696. The van der Waals surface area contributed by atoms with Crippen LogP contribution in [0.15, 0.2) is 22.7 Å². The third-order valence-corrected chi connectivity index (χ3v) is 4.22. The van der Waals surface area contributed by atoms with Crippen molar-refractivity contribution in [1.29, 1.82) is 0 Å². The first-order valence-corrected chi connectivity index (χ1v) is 7.18. The molecule has 0 saturated heterocycles. The highest BCUT2D eigenvalue weighted by molar-refractivity contribution is 9.10. The first-order chi connectivity index (χ1) is 9.58. The van der Waals surface area contributed by atoms with Crippen molar-refractivity contribution < 1.29 is 4.92 Å². The zero-order valence-electron chi connectivity index (χ0n) is 10.7. The molecule has 1 aliphatic carbocycles. The van der Waals surface area contributed by atoms with E-state index in [1.54, 1.807) is 10.7 Å². The van der Waals surface area contributed by atoms with Crippen molar-refractivity contribution in [3.05, 3.63) is 44.0 Å². The van der Waals surface area contributed by atoms with Crippen LogP contribution in [0.5, 0.6) is 0 Å². The third-order valence-electron chi connectivity index (χ3n) is 3.58. The van der Waals surface area contributed by atoms with Gasteiger partial charge in [-0.25, -0.2) is 4.68 Å². The van der Waals surface area contributed by atoms with Crippen LogP contribution in [-0.4, -0.2) is 14.7 Å². The van der Waals surface area contributed by atoms with Crippen LogP contribution in [0.1, 0.15) is 24.1 Å². The van der Waals surface area contributed by atoms with Crippen molar-refractivity contribution in [2.45, 2.75) is 25.7 Å². The lowest BCUT2D eigenvalue weighted by Gasteiger charge is -2.14. The molecule has 0 fully saturated rings. The van der Waals surface area contributed by atoms with E-state index in [9.17, 15) is 10.1 Å². The zero-order valence-corrected chi connectivity index (χ0v) is 12.3. The van der Waals surface area contributed by atoms with Gasteiger partial charge in [-0.15, -0.1) is 0 Å². The predicted octanol–water partition coefficient (Wildman–Crippen LogP) is 3.00. The van der Waals surface area contributed by atoms with Crippen molar-refractivity contribution in [3.8, 4) is 5.69 Å².